The summed E-state index contributed by atoms with van der Waals surface area (Å²) in [6, 6.07) is 13.6. The van der Waals surface area contributed by atoms with E-state index in [0.29, 0.717) is 6.42 Å². The highest BCUT2D eigenvalue weighted by molar-refractivity contribution is 7.07. The first kappa shape index (κ1) is 13.5. The standard InChI is InChI=1S/C16H15NOS/c1-13(18)16(12-17,15-5-3-2-4-6-15)9-7-14-8-10-19-11-14/h2-6,8,10-11H,7,9H2,1H3. The smallest absolute Gasteiger partial charge is 0.154 e. The molecule has 1 atom stereocenters. The Balaban J connectivity index is 2.30. The molecule has 0 spiro atoms. The highest BCUT2D eigenvalue weighted by atomic mass is 32.1. The van der Waals surface area contributed by atoms with Crippen molar-refractivity contribution in [3.05, 3.63) is 58.3 Å². The van der Waals surface area contributed by atoms with Gasteiger partial charge in [-0.25, -0.2) is 0 Å². The number of rotatable bonds is 5. The molecule has 0 aliphatic rings. The van der Waals surface area contributed by atoms with Gasteiger partial charge in [-0.1, -0.05) is 30.3 Å². The molecule has 1 heterocycles. The molecule has 2 nitrogen and oxygen atoms in total. The van der Waals surface area contributed by atoms with E-state index in [1.54, 1.807) is 11.3 Å². The van der Waals surface area contributed by atoms with Crippen LogP contribution in [0.4, 0.5) is 0 Å². The fourth-order valence-corrected chi connectivity index (χ4v) is 2.92. The first-order valence-electron chi connectivity index (χ1n) is 6.18. The van der Waals surface area contributed by atoms with Crippen LogP contribution < -0.4 is 0 Å². The third kappa shape index (κ3) is 2.74. The minimum absolute atomic E-state index is 0.0866. The lowest BCUT2D eigenvalue weighted by Crippen LogP contribution is -2.33. The maximum atomic E-state index is 12.0. The van der Waals surface area contributed by atoms with Gasteiger partial charge in [0.05, 0.1) is 6.07 Å². The number of nitriles is 1. The number of ketones is 1. The van der Waals surface area contributed by atoms with Crippen molar-refractivity contribution in [1.82, 2.24) is 0 Å². The van der Waals surface area contributed by atoms with E-state index in [1.807, 2.05) is 41.8 Å². The molecule has 3 heteroatoms. The van der Waals surface area contributed by atoms with Crippen molar-refractivity contribution in [3.8, 4) is 6.07 Å². The van der Waals surface area contributed by atoms with Crippen LogP contribution in [0.3, 0.4) is 0 Å². The van der Waals surface area contributed by atoms with Gasteiger partial charge in [-0.05, 0) is 47.7 Å². The van der Waals surface area contributed by atoms with Crippen molar-refractivity contribution in [2.75, 3.05) is 0 Å². The molecule has 0 saturated carbocycles. The minimum Gasteiger partial charge on any atom is -0.298 e. The Labute approximate surface area is 117 Å². The summed E-state index contributed by atoms with van der Waals surface area (Å²) in [5, 5.41) is 13.6. The van der Waals surface area contributed by atoms with Crippen LogP contribution in [0.25, 0.3) is 0 Å². The second-order valence-corrected chi connectivity index (χ2v) is 5.35. The Bertz CT molecular complexity index is 583. The number of aryl methyl sites for hydroxylation is 1. The molecule has 1 unspecified atom stereocenters. The fraction of sp³-hybridized carbons (Fsp3) is 0.250. The number of carbonyl (C=O) groups excluding carboxylic acids is 1. The average Bonchev–Trinajstić information content (AvgIpc) is 2.94. The van der Waals surface area contributed by atoms with Gasteiger partial charge in [0, 0.05) is 0 Å². The van der Waals surface area contributed by atoms with Gasteiger partial charge in [0.15, 0.2) is 5.78 Å². The topological polar surface area (TPSA) is 40.9 Å². The predicted octanol–water partition coefficient (Wildman–Crippen LogP) is 3.73. The number of hydrogen-bond donors (Lipinski definition) is 0. The zero-order valence-corrected chi connectivity index (χ0v) is 11.6. The van der Waals surface area contributed by atoms with Gasteiger partial charge < -0.3 is 0 Å². The van der Waals surface area contributed by atoms with Gasteiger partial charge in [0.1, 0.15) is 5.41 Å². The molecule has 2 rings (SSSR count). The first-order chi connectivity index (χ1) is 9.19. The Morgan fingerprint density at radius 1 is 1.32 bits per heavy atom. The van der Waals surface area contributed by atoms with Gasteiger partial charge in [0.2, 0.25) is 0 Å². The summed E-state index contributed by atoms with van der Waals surface area (Å²) in [6.45, 7) is 1.50. The summed E-state index contributed by atoms with van der Waals surface area (Å²) in [5.74, 6) is -0.0866. The molecule has 0 aliphatic carbocycles. The molecule has 0 saturated heterocycles. The molecule has 2 aromatic rings. The molecule has 0 bridgehead atoms. The maximum absolute atomic E-state index is 12.0. The highest BCUT2D eigenvalue weighted by Crippen LogP contribution is 2.30. The van der Waals surface area contributed by atoms with Crippen molar-refractivity contribution < 1.29 is 4.79 Å². The van der Waals surface area contributed by atoms with E-state index in [2.05, 4.69) is 11.4 Å². The van der Waals surface area contributed by atoms with Crippen LogP contribution in [0.15, 0.2) is 47.2 Å². The van der Waals surface area contributed by atoms with E-state index in [0.717, 1.165) is 12.0 Å². The zero-order valence-electron chi connectivity index (χ0n) is 10.8. The summed E-state index contributed by atoms with van der Waals surface area (Å²) < 4.78 is 0. The second kappa shape index (κ2) is 5.81. The Kier molecular flexibility index (Phi) is 4.13. The normalized spacial score (nSPS) is 13.5. The largest absolute Gasteiger partial charge is 0.298 e. The quantitative estimate of drug-likeness (QED) is 0.829. The van der Waals surface area contributed by atoms with E-state index < -0.39 is 5.41 Å². The minimum atomic E-state index is -1.02. The summed E-state index contributed by atoms with van der Waals surface area (Å²) >= 11 is 1.63. The van der Waals surface area contributed by atoms with Crippen LogP contribution in [0, 0.1) is 11.3 Å². The van der Waals surface area contributed by atoms with E-state index in [1.165, 1.54) is 12.5 Å². The van der Waals surface area contributed by atoms with E-state index >= 15 is 0 Å². The lowest BCUT2D eigenvalue weighted by Gasteiger charge is -2.24. The van der Waals surface area contributed by atoms with Crippen molar-refractivity contribution in [2.24, 2.45) is 0 Å². The van der Waals surface area contributed by atoms with Gasteiger partial charge in [-0.2, -0.15) is 16.6 Å². The molecule has 0 amide bonds. The number of thiophene rings is 1. The molecule has 96 valence electrons. The number of nitrogens with zero attached hydrogens (tertiary/aromatic N) is 1. The Morgan fingerprint density at radius 2 is 2.05 bits per heavy atom. The Hall–Kier alpha value is -1.92. The van der Waals surface area contributed by atoms with Crippen LogP contribution in [0.2, 0.25) is 0 Å². The predicted molar refractivity (Wildman–Crippen MR) is 77.1 cm³/mol. The highest BCUT2D eigenvalue weighted by Gasteiger charge is 2.37. The number of carbonyl (C=O) groups is 1. The Morgan fingerprint density at radius 3 is 2.58 bits per heavy atom. The van der Waals surface area contributed by atoms with E-state index in [-0.39, 0.29) is 5.78 Å². The zero-order chi connectivity index (χ0) is 13.7. The van der Waals surface area contributed by atoms with Gasteiger partial charge in [0.25, 0.3) is 0 Å². The van der Waals surface area contributed by atoms with Crippen molar-refractivity contribution in [3.63, 3.8) is 0 Å². The third-order valence-corrected chi connectivity index (χ3v) is 4.16. The molecule has 1 aromatic heterocycles. The average molecular weight is 269 g/mol. The fourth-order valence-electron chi connectivity index (χ4n) is 2.21. The van der Waals surface area contributed by atoms with Crippen LogP contribution in [-0.4, -0.2) is 5.78 Å². The summed E-state index contributed by atoms with van der Waals surface area (Å²) in [6.07, 6.45) is 1.27. The number of benzene rings is 1. The van der Waals surface area contributed by atoms with Crippen molar-refractivity contribution >= 4 is 17.1 Å². The van der Waals surface area contributed by atoms with Gasteiger partial charge >= 0.3 is 0 Å². The SMILES string of the molecule is CC(=O)C(C#N)(CCc1ccsc1)c1ccccc1. The monoisotopic (exact) mass is 269 g/mol. The first-order valence-corrected chi connectivity index (χ1v) is 7.12. The maximum Gasteiger partial charge on any atom is 0.154 e. The van der Waals surface area contributed by atoms with E-state index in [9.17, 15) is 10.1 Å². The molecule has 0 N–H and O–H groups in total. The summed E-state index contributed by atoms with van der Waals surface area (Å²) in [4.78, 5) is 12.0. The van der Waals surface area contributed by atoms with Gasteiger partial charge in [-0.15, -0.1) is 0 Å². The lowest BCUT2D eigenvalue weighted by molar-refractivity contribution is -0.120. The number of Topliss-reactive ketones (excluding diaryl/α,β-unsaturated/α-hetero) is 1. The lowest BCUT2D eigenvalue weighted by atomic mass is 9.74. The van der Waals surface area contributed by atoms with Crippen LogP contribution in [-0.2, 0) is 16.6 Å². The van der Waals surface area contributed by atoms with Gasteiger partial charge in [-0.3, -0.25) is 4.79 Å². The number of hydrogen-bond acceptors (Lipinski definition) is 3. The molecule has 19 heavy (non-hydrogen) atoms. The van der Waals surface area contributed by atoms with E-state index in [4.69, 9.17) is 0 Å². The van der Waals surface area contributed by atoms with Crippen molar-refractivity contribution in [1.29, 1.82) is 5.26 Å². The third-order valence-electron chi connectivity index (χ3n) is 3.43. The molecule has 0 fully saturated rings. The van der Waals surface area contributed by atoms with Crippen LogP contribution in [0.1, 0.15) is 24.5 Å². The molecular formula is C16H15NOS. The summed E-state index contributed by atoms with van der Waals surface area (Å²) in [5.41, 5.74) is 0.950. The van der Waals surface area contributed by atoms with Crippen molar-refractivity contribution in [2.45, 2.75) is 25.2 Å². The molecule has 0 aliphatic heterocycles. The summed E-state index contributed by atoms with van der Waals surface area (Å²) in [7, 11) is 0. The van der Waals surface area contributed by atoms with Crippen LogP contribution in [0.5, 0.6) is 0 Å². The van der Waals surface area contributed by atoms with Crippen LogP contribution >= 0.6 is 11.3 Å². The second-order valence-electron chi connectivity index (χ2n) is 4.57. The molecule has 0 radical (unpaired) electrons. The molecular weight excluding hydrogens is 254 g/mol. The molecule has 1 aromatic carbocycles.